The number of nitrogens with one attached hydrogen (secondary N) is 1. The lowest BCUT2D eigenvalue weighted by Crippen LogP contribution is -2.65. The number of unbranched alkanes of at least 4 members (excludes halogenated alkanes) is 31. The van der Waals surface area contributed by atoms with Crippen molar-refractivity contribution in [1.82, 2.24) is 5.32 Å². The zero-order chi connectivity index (χ0) is 51.7. The molecule has 2 rings (SSSR count). The zero-order valence-corrected chi connectivity index (χ0v) is 44.7. The van der Waals surface area contributed by atoms with Gasteiger partial charge in [-0.15, -0.1) is 0 Å². The van der Waals surface area contributed by atoms with E-state index in [0.717, 1.165) is 32.1 Å². The summed E-state index contributed by atoms with van der Waals surface area (Å²) in [4.78, 5) is 13.2. The molecule has 14 nitrogen and oxygen atoms in total. The summed E-state index contributed by atoms with van der Waals surface area (Å²) in [7, 11) is 0. The van der Waals surface area contributed by atoms with Crippen molar-refractivity contribution in [2.24, 2.45) is 0 Å². The molecule has 1 amide bonds. The molecule has 9 N–H and O–H groups in total. The lowest BCUT2D eigenvalue weighted by atomic mass is 9.97. The highest BCUT2D eigenvalue weighted by atomic mass is 16.7. The molecule has 0 aromatic carbocycles. The molecule has 0 spiro atoms. The molecule has 2 heterocycles. The van der Waals surface area contributed by atoms with E-state index in [1.807, 2.05) is 6.08 Å². The Kier molecular flexibility index (Phi) is 40.4. The molecule has 2 aliphatic heterocycles. The molecule has 12 atom stereocenters. The van der Waals surface area contributed by atoms with Crippen LogP contribution in [0.15, 0.2) is 24.3 Å². The maximum Gasteiger partial charge on any atom is 0.220 e. The minimum Gasteiger partial charge on any atom is -0.394 e. The van der Waals surface area contributed by atoms with E-state index in [2.05, 4.69) is 31.3 Å². The largest absolute Gasteiger partial charge is 0.394 e. The van der Waals surface area contributed by atoms with Crippen LogP contribution in [0, 0.1) is 0 Å². The van der Waals surface area contributed by atoms with Gasteiger partial charge in [0, 0.05) is 6.42 Å². The van der Waals surface area contributed by atoms with Crippen LogP contribution >= 0.6 is 0 Å². The van der Waals surface area contributed by atoms with E-state index in [9.17, 15) is 45.6 Å². The van der Waals surface area contributed by atoms with Crippen molar-refractivity contribution in [3.05, 3.63) is 24.3 Å². The summed E-state index contributed by atoms with van der Waals surface area (Å²) in [5, 5.41) is 87.0. The SMILES string of the molecule is CCCCCCCCCCCC/C=C/CC/C=C/C(O)C(COC1OC(CO)C(OC2OC(CO)C(O)C(O)C2O)C(O)C1O)NC(=O)CCCCCCCCCCCCCCCCCCCCCCC. The quantitative estimate of drug-likeness (QED) is 0.0205. The van der Waals surface area contributed by atoms with Gasteiger partial charge < -0.3 is 65.1 Å². The van der Waals surface area contributed by atoms with E-state index < -0.39 is 86.8 Å². The van der Waals surface area contributed by atoms with Crippen LogP contribution in [0.5, 0.6) is 0 Å². The maximum atomic E-state index is 13.2. The Bertz CT molecular complexity index is 1290. The summed E-state index contributed by atoms with van der Waals surface area (Å²) < 4.78 is 22.7. The molecule has 2 fully saturated rings. The Morgan fingerprint density at radius 2 is 0.901 bits per heavy atom. The second-order valence-corrected chi connectivity index (χ2v) is 20.8. The van der Waals surface area contributed by atoms with Crippen molar-refractivity contribution >= 4 is 5.91 Å². The van der Waals surface area contributed by atoms with Gasteiger partial charge in [-0.2, -0.15) is 0 Å². The summed E-state index contributed by atoms with van der Waals surface area (Å²) in [6.45, 7) is 2.80. The fourth-order valence-electron chi connectivity index (χ4n) is 9.66. The van der Waals surface area contributed by atoms with Gasteiger partial charge in [0.1, 0.15) is 48.8 Å². The highest BCUT2D eigenvalue weighted by Crippen LogP contribution is 2.30. The summed E-state index contributed by atoms with van der Waals surface area (Å²) in [5.74, 6) is -0.245. The average Bonchev–Trinajstić information content (AvgIpc) is 3.37. The lowest BCUT2D eigenvalue weighted by molar-refractivity contribution is -0.359. The number of ether oxygens (including phenoxy) is 4. The third-order valence-corrected chi connectivity index (χ3v) is 14.4. The first-order valence-electron chi connectivity index (χ1n) is 29.1. The fraction of sp³-hybridized carbons (Fsp3) is 0.912. The van der Waals surface area contributed by atoms with Gasteiger partial charge in [-0.25, -0.2) is 0 Å². The Hall–Kier alpha value is -1.53. The number of carbonyl (C=O) groups is 1. The normalized spacial score (nSPS) is 25.9. The summed E-state index contributed by atoms with van der Waals surface area (Å²) in [5.41, 5.74) is 0. The number of hydrogen-bond acceptors (Lipinski definition) is 13. The van der Waals surface area contributed by atoms with Crippen LogP contribution < -0.4 is 5.32 Å². The first-order valence-corrected chi connectivity index (χ1v) is 29.1. The van der Waals surface area contributed by atoms with Crippen molar-refractivity contribution in [1.29, 1.82) is 0 Å². The van der Waals surface area contributed by atoms with Gasteiger partial charge >= 0.3 is 0 Å². The third kappa shape index (κ3) is 30.0. The molecule has 0 saturated carbocycles. The summed E-state index contributed by atoms with van der Waals surface area (Å²) >= 11 is 0. The van der Waals surface area contributed by atoms with E-state index in [4.69, 9.17) is 18.9 Å². The molecule has 14 heteroatoms. The Morgan fingerprint density at radius 3 is 1.38 bits per heavy atom. The van der Waals surface area contributed by atoms with Gasteiger partial charge in [-0.1, -0.05) is 224 Å². The van der Waals surface area contributed by atoms with E-state index in [-0.39, 0.29) is 18.9 Å². The first kappa shape index (κ1) is 65.6. The number of hydrogen-bond donors (Lipinski definition) is 9. The Morgan fingerprint density at radius 1 is 0.493 bits per heavy atom. The number of aliphatic hydroxyl groups excluding tert-OH is 8. The van der Waals surface area contributed by atoms with E-state index >= 15 is 0 Å². The third-order valence-electron chi connectivity index (χ3n) is 14.4. The van der Waals surface area contributed by atoms with Crippen molar-refractivity contribution in [2.45, 2.75) is 312 Å². The molecule has 418 valence electrons. The smallest absolute Gasteiger partial charge is 0.220 e. The molecule has 2 aliphatic rings. The minimum atomic E-state index is -1.79. The van der Waals surface area contributed by atoms with E-state index in [1.165, 1.54) is 173 Å². The fourth-order valence-corrected chi connectivity index (χ4v) is 9.66. The van der Waals surface area contributed by atoms with Crippen molar-refractivity contribution < 1.29 is 64.6 Å². The van der Waals surface area contributed by atoms with Crippen LogP contribution in [-0.4, -0.2) is 140 Å². The standard InChI is InChI=1S/C57H107NO13/c1-3-5-7-9-11-13-15-17-19-21-22-23-24-25-27-29-31-33-35-37-39-41-49(62)58-45(46(61)40-38-36-34-32-30-28-26-20-18-16-14-12-10-8-6-4-2)44-68-56-54(67)52(65)55(48(43-60)70-56)71-57-53(66)51(64)50(63)47(42-59)69-57/h30,32,38,40,45-48,50-57,59-61,63-67H,3-29,31,33-37,39,41-44H2,1-2H3,(H,58,62)/b32-30+,40-38+. The topological polar surface area (TPSA) is 228 Å². The van der Waals surface area contributed by atoms with Crippen LogP contribution in [0.25, 0.3) is 0 Å². The zero-order valence-electron chi connectivity index (χ0n) is 44.7. The van der Waals surface area contributed by atoms with Gasteiger partial charge in [0.15, 0.2) is 12.6 Å². The molecule has 0 bridgehead atoms. The Labute approximate surface area is 430 Å². The van der Waals surface area contributed by atoms with Crippen LogP contribution in [0.2, 0.25) is 0 Å². The van der Waals surface area contributed by atoms with Gasteiger partial charge in [-0.05, 0) is 32.1 Å². The average molecular weight is 1010 g/mol. The van der Waals surface area contributed by atoms with Gasteiger partial charge in [-0.3, -0.25) is 4.79 Å². The van der Waals surface area contributed by atoms with Crippen LogP contribution in [0.3, 0.4) is 0 Å². The predicted molar refractivity (Wildman–Crippen MR) is 282 cm³/mol. The molecule has 0 radical (unpaired) electrons. The molecular weight excluding hydrogens is 907 g/mol. The summed E-state index contributed by atoms with van der Waals surface area (Å²) in [6, 6.07) is -0.927. The molecule has 12 unspecified atom stereocenters. The summed E-state index contributed by atoms with van der Waals surface area (Å²) in [6.07, 6.45) is 33.6. The molecule has 0 aromatic rings. The van der Waals surface area contributed by atoms with Crippen molar-refractivity contribution in [3.63, 3.8) is 0 Å². The van der Waals surface area contributed by atoms with Crippen molar-refractivity contribution in [3.8, 4) is 0 Å². The highest BCUT2D eigenvalue weighted by molar-refractivity contribution is 5.76. The number of aliphatic hydroxyl groups is 8. The molecule has 0 aliphatic carbocycles. The van der Waals surface area contributed by atoms with E-state index in [1.54, 1.807) is 6.08 Å². The number of amides is 1. The van der Waals surface area contributed by atoms with Gasteiger partial charge in [0.05, 0.1) is 32.0 Å². The van der Waals surface area contributed by atoms with Crippen LogP contribution in [0.4, 0.5) is 0 Å². The van der Waals surface area contributed by atoms with Gasteiger partial charge in [0.2, 0.25) is 5.91 Å². The lowest BCUT2D eigenvalue weighted by Gasteiger charge is -2.46. The molecule has 2 saturated heterocycles. The first-order chi connectivity index (χ1) is 34.6. The second-order valence-electron chi connectivity index (χ2n) is 20.8. The number of allylic oxidation sites excluding steroid dienone is 3. The molecular formula is C57H107NO13. The van der Waals surface area contributed by atoms with Crippen LogP contribution in [0.1, 0.15) is 239 Å². The monoisotopic (exact) mass is 1010 g/mol. The maximum absolute atomic E-state index is 13.2. The Balaban J connectivity index is 1.78. The molecule has 71 heavy (non-hydrogen) atoms. The van der Waals surface area contributed by atoms with E-state index in [0.29, 0.717) is 12.8 Å². The molecule has 0 aromatic heterocycles. The number of carbonyl (C=O) groups excluding carboxylic acids is 1. The highest BCUT2D eigenvalue weighted by Gasteiger charge is 2.51. The predicted octanol–water partition coefficient (Wildman–Crippen LogP) is 9.28. The second kappa shape index (κ2) is 43.7. The minimum absolute atomic E-state index is 0.245. The van der Waals surface area contributed by atoms with Gasteiger partial charge in [0.25, 0.3) is 0 Å². The number of rotatable bonds is 46. The van der Waals surface area contributed by atoms with Crippen LogP contribution in [-0.2, 0) is 23.7 Å². The van der Waals surface area contributed by atoms with Crippen molar-refractivity contribution in [2.75, 3.05) is 19.8 Å².